The molecule has 0 saturated carbocycles. The molecule has 4 nitrogen and oxygen atoms in total. The topological polar surface area (TPSA) is 50.9 Å². The lowest BCUT2D eigenvalue weighted by atomic mass is 10.0. The fourth-order valence-electron chi connectivity index (χ4n) is 2.11. The number of hydrogen-bond acceptors (Lipinski definition) is 3. The third-order valence-electron chi connectivity index (χ3n) is 3.25. The molecular formula is C16H20F3NO3. The maximum absolute atomic E-state index is 12.6. The van der Waals surface area contributed by atoms with Gasteiger partial charge in [0.05, 0.1) is 18.2 Å². The summed E-state index contributed by atoms with van der Waals surface area (Å²) in [5.41, 5.74) is -0.622. The summed E-state index contributed by atoms with van der Waals surface area (Å²) in [4.78, 5) is 11.8. The number of carbonyl (C=O) groups excluding carboxylic acids is 1. The van der Waals surface area contributed by atoms with Crippen LogP contribution in [0.4, 0.5) is 18.0 Å². The number of rotatable bonds is 4. The molecule has 23 heavy (non-hydrogen) atoms. The summed E-state index contributed by atoms with van der Waals surface area (Å²) in [6.07, 6.45) is -4.68. The van der Waals surface area contributed by atoms with Gasteiger partial charge in [0.15, 0.2) is 0 Å². The number of epoxide rings is 1. The van der Waals surface area contributed by atoms with Crippen LogP contribution >= 0.6 is 0 Å². The normalized spacial score (nSPS) is 19.1. The monoisotopic (exact) mass is 331 g/mol. The second kappa shape index (κ2) is 6.39. The van der Waals surface area contributed by atoms with Gasteiger partial charge in [-0.1, -0.05) is 12.1 Å². The van der Waals surface area contributed by atoms with E-state index in [1.807, 2.05) is 0 Å². The highest BCUT2D eigenvalue weighted by Crippen LogP contribution is 2.29. The van der Waals surface area contributed by atoms with Gasteiger partial charge < -0.3 is 14.8 Å². The predicted molar refractivity (Wildman–Crippen MR) is 78.0 cm³/mol. The largest absolute Gasteiger partial charge is 0.444 e. The van der Waals surface area contributed by atoms with Gasteiger partial charge in [0.25, 0.3) is 0 Å². The summed E-state index contributed by atoms with van der Waals surface area (Å²) >= 11 is 0. The van der Waals surface area contributed by atoms with E-state index < -0.39 is 23.4 Å². The molecule has 0 bridgehead atoms. The summed E-state index contributed by atoms with van der Waals surface area (Å²) in [5.74, 6) is 0. The lowest BCUT2D eigenvalue weighted by Crippen LogP contribution is -2.43. The summed E-state index contributed by atoms with van der Waals surface area (Å²) in [5, 5.41) is 2.72. The molecule has 2 rings (SSSR count). The highest BCUT2D eigenvalue weighted by molar-refractivity contribution is 5.68. The van der Waals surface area contributed by atoms with Crippen molar-refractivity contribution >= 4 is 6.09 Å². The zero-order valence-corrected chi connectivity index (χ0v) is 13.2. The molecule has 1 heterocycles. The molecule has 1 aromatic carbocycles. The molecule has 1 unspecified atom stereocenters. The van der Waals surface area contributed by atoms with Crippen LogP contribution in [0.1, 0.15) is 31.9 Å². The van der Waals surface area contributed by atoms with E-state index in [-0.39, 0.29) is 12.1 Å². The second-order valence-electron chi connectivity index (χ2n) is 6.52. The van der Waals surface area contributed by atoms with E-state index in [4.69, 9.17) is 9.47 Å². The average Bonchev–Trinajstić information content (AvgIpc) is 3.19. The highest BCUT2D eigenvalue weighted by Gasteiger charge is 2.35. The first-order valence-corrected chi connectivity index (χ1v) is 7.32. The predicted octanol–water partition coefficient (Wildman–Crippen LogP) is 3.54. The van der Waals surface area contributed by atoms with Crippen molar-refractivity contribution in [1.82, 2.24) is 5.32 Å². The van der Waals surface area contributed by atoms with Crippen LogP contribution in [-0.2, 0) is 22.1 Å². The number of alkyl carbamates (subject to hydrolysis) is 1. The lowest BCUT2D eigenvalue weighted by molar-refractivity contribution is -0.137. The van der Waals surface area contributed by atoms with Crippen molar-refractivity contribution in [2.45, 2.75) is 51.1 Å². The van der Waals surface area contributed by atoms with E-state index in [0.29, 0.717) is 18.6 Å². The van der Waals surface area contributed by atoms with Gasteiger partial charge in [0.2, 0.25) is 0 Å². The molecule has 7 heteroatoms. The fourth-order valence-corrected chi connectivity index (χ4v) is 2.11. The number of ether oxygens (including phenoxy) is 2. The summed E-state index contributed by atoms with van der Waals surface area (Å²) in [6, 6.07) is 4.56. The van der Waals surface area contributed by atoms with Gasteiger partial charge in [-0.3, -0.25) is 0 Å². The van der Waals surface area contributed by atoms with E-state index in [1.165, 1.54) is 12.1 Å². The number of benzene rings is 1. The average molecular weight is 331 g/mol. The Morgan fingerprint density at radius 2 is 1.87 bits per heavy atom. The van der Waals surface area contributed by atoms with Gasteiger partial charge in [-0.2, -0.15) is 13.2 Å². The number of halogens is 3. The quantitative estimate of drug-likeness (QED) is 0.859. The Balaban J connectivity index is 1.98. The summed E-state index contributed by atoms with van der Waals surface area (Å²) in [7, 11) is 0. The van der Waals surface area contributed by atoms with Crippen molar-refractivity contribution in [2.75, 3.05) is 6.61 Å². The Morgan fingerprint density at radius 1 is 1.30 bits per heavy atom. The Hall–Kier alpha value is -1.76. The van der Waals surface area contributed by atoms with E-state index in [2.05, 4.69) is 5.32 Å². The fraction of sp³-hybridized carbons (Fsp3) is 0.562. The molecule has 2 atom stereocenters. The molecule has 1 N–H and O–H groups in total. The molecule has 0 spiro atoms. The molecule has 0 aromatic heterocycles. The number of amides is 1. The van der Waals surface area contributed by atoms with Crippen LogP contribution in [0.15, 0.2) is 24.3 Å². The Kier molecular flexibility index (Phi) is 4.89. The maximum Gasteiger partial charge on any atom is 0.416 e. The van der Waals surface area contributed by atoms with Gasteiger partial charge in [-0.15, -0.1) is 0 Å². The van der Waals surface area contributed by atoms with Crippen molar-refractivity contribution in [2.24, 2.45) is 0 Å². The van der Waals surface area contributed by atoms with Gasteiger partial charge in [-0.05, 0) is 44.9 Å². The van der Waals surface area contributed by atoms with Crippen molar-refractivity contribution in [3.63, 3.8) is 0 Å². The minimum atomic E-state index is -4.35. The maximum atomic E-state index is 12.6. The molecule has 1 aliphatic rings. The Labute approximate surface area is 133 Å². The van der Waals surface area contributed by atoms with Crippen molar-refractivity contribution in [1.29, 1.82) is 0 Å². The minimum absolute atomic E-state index is 0.134. The molecule has 1 saturated heterocycles. The van der Waals surface area contributed by atoms with Gasteiger partial charge in [0.1, 0.15) is 11.7 Å². The standard InChI is InChI=1S/C16H20F3NO3/c1-15(2,3)23-14(21)20-12(13-9-22-13)8-10-4-6-11(7-5-10)16(17,18)19/h4-7,12-13H,8-9H2,1-3H3,(H,20,21)/t12-,13?/m1/s1. The molecule has 1 aromatic rings. The van der Waals surface area contributed by atoms with Crippen LogP contribution in [-0.4, -0.2) is 30.4 Å². The van der Waals surface area contributed by atoms with Crippen molar-refractivity contribution in [3.05, 3.63) is 35.4 Å². The minimum Gasteiger partial charge on any atom is -0.444 e. The first-order valence-electron chi connectivity index (χ1n) is 7.32. The number of alkyl halides is 3. The van der Waals surface area contributed by atoms with Crippen molar-refractivity contribution in [3.8, 4) is 0 Å². The van der Waals surface area contributed by atoms with Crippen LogP contribution in [0.3, 0.4) is 0 Å². The van der Waals surface area contributed by atoms with Crippen LogP contribution in [0.5, 0.6) is 0 Å². The Morgan fingerprint density at radius 3 is 2.30 bits per heavy atom. The molecule has 1 amide bonds. The smallest absolute Gasteiger partial charge is 0.416 e. The molecule has 1 aliphatic heterocycles. The van der Waals surface area contributed by atoms with Crippen LogP contribution in [0.2, 0.25) is 0 Å². The van der Waals surface area contributed by atoms with E-state index >= 15 is 0 Å². The number of hydrogen-bond donors (Lipinski definition) is 1. The number of carbonyl (C=O) groups is 1. The van der Waals surface area contributed by atoms with E-state index in [1.54, 1.807) is 20.8 Å². The van der Waals surface area contributed by atoms with Crippen molar-refractivity contribution < 1.29 is 27.4 Å². The molecular weight excluding hydrogens is 311 g/mol. The van der Waals surface area contributed by atoms with Gasteiger partial charge >= 0.3 is 12.3 Å². The molecule has 0 aliphatic carbocycles. The third-order valence-corrected chi connectivity index (χ3v) is 3.25. The molecule has 128 valence electrons. The number of nitrogens with one attached hydrogen (secondary N) is 1. The second-order valence-corrected chi connectivity index (χ2v) is 6.52. The zero-order valence-electron chi connectivity index (χ0n) is 13.2. The van der Waals surface area contributed by atoms with Gasteiger partial charge in [0, 0.05) is 0 Å². The zero-order chi connectivity index (χ0) is 17.3. The molecule has 1 fully saturated rings. The molecule has 0 radical (unpaired) electrons. The van der Waals surface area contributed by atoms with Crippen LogP contribution < -0.4 is 5.32 Å². The van der Waals surface area contributed by atoms with E-state index in [0.717, 1.165) is 12.1 Å². The lowest BCUT2D eigenvalue weighted by Gasteiger charge is -2.23. The van der Waals surface area contributed by atoms with Crippen LogP contribution in [0.25, 0.3) is 0 Å². The first kappa shape index (κ1) is 17.6. The highest BCUT2D eigenvalue weighted by atomic mass is 19.4. The Bertz CT molecular complexity index is 545. The van der Waals surface area contributed by atoms with E-state index in [9.17, 15) is 18.0 Å². The van der Waals surface area contributed by atoms with Gasteiger partial charge in [-0.25, -0.2) is 4.79 Å². The summed E-state index contributed by atoms with van der Waals surface area (Å²) < 4.78 is 48.1. The summed E-state index contributed by atoms with van der Waals surface area (Å²) in [6.45, 7) is 5.78. The first-order chi connectivity index (χ1) is 10.5. The SMILES string of the molecule is CC(C)(C)OC(=O)N[C@H](Cc1ccc(C(F)(F)F)cc1)C1CO1. The third kappa shape index (κ3) is 5.74. The van der Waals surface area contributed by atoms with Crippen LogP contribution in [0, 0.1) is 0 Å².